The van der Waals surface area contributed by atoms with Crippen molar-refractivity contribution >= 4 is 56.3 Å². The van der Waals surface area contributed by atoms with Crippen molar-refractivity contribution in [2.45, 2.75) is 0 Å². The molecule has 0 aliphatic carbocycles. The van der Waals surface area contributed by atoms with Crippen LogP contribution in [0.25, 0.3) is 36.5 Å². The number of carboxylic acid groups (broad SMARTS) is 1. The molecule has 3 aromatic heterocycles. The quantitative estimate of drug-likeness (QED) is 0.167. The first-order chi connectivity index (χ1) is 18.0. The van der Waals surface area contributed by atoms with E-state index in [1.165, 1.54) is 40.1 Å². The van der Waals surface area contributed by atoms with Crippen LogP contribution in [-0.4, -0.2) is 42.1 Å². The molecule has 4 aromatic rings. The molecule has 3 N–H and O–H groups in total. The van der Waals surface area contributed by atoms with Crippen molar-refractivity contribution in [3.05, 3.63) is 33.5 Å². The Balaban J connectivity index is 1.54. The van der Waals surface area contributed by atoms with Gasteiger partial charge in [0.1, 0.15) is 38.1 Å². The van der Waals surface area contributed by atoms with Crippen molar-refractivity contribution in [2.75, 3.05) is 26.4 Å². The lowest BCUT2D eigenvalue weighted by Crippen LogP contribution is -2.15. The first-order valence-electron chi connectivity index (χ1n) is 11.0. The Morgan fingerprint density at radius 2 is 1.65 bits per heavy atom. The Morgan fingerprint density at radius 3 is 2.30 bits per heavy atom. The van der Waals surface area contributed by atoms with Gasteiger partial charge in [0.15, 0.2) is 23.0 Å². The summed E-state index contributed by atoms with van der Waals surface area (Å²) in [4.78, 5) is 15.1. The predicted molar refractivity (Wildman–Crippen MR) is 140 cm³/mol. The molecule has 0 spiro atoms. The molecule has 0 saturated heterocycles. The van der Waals surface area contributed by atoms with Gasteiger partial charge in [-0.25, -0.2) is 4.79 Å². The van der Waals surface area contributed by atoms with Gasteiger partial charge in [0, 0.05) is 7.05 Å². The maximum absolute atomic E-state index is 11.5. The number of aliphatic carboxylic acids is 1. The number of aromatic nitrogens is 1. The number of hydrogen-bond acceptors (Lipinski definition) is 11. The first-order valence-corrected chi connectivity index (χ1v) is 13.5. The van der Waals surface area contributed by atoms with Crippen LogP contribution in [0.1, 0.15) is 4.88 Å². The van der Waals surface area contributed by atoms with Gasteiger partial charge in [0.25, 0.3) is 0 Å². The van der Waals surface area contributed by atoms with Crippen molar-refractivity contribution < 1.29 is 28.8 Å². The highest BCUT2D eigenvalue weighted by molar-refractivity contribution is 7.25. The van der Waals surface area contributed by atoms with E-state index in [0.29, 0.717) is 59.1 Å². The Labute approximate surface area is 221 Å². The van der Waals surface area contributed by atoms with Crippen molar-refractivity contribution in [3.63, 3.8) is 0 Å². The van der Waals surface area contributed by atoms with Gasteiger partial charge in [-0.3, -0.25) is 0 Å². The highest BCUT2D eigenvalue weighted by atomic mass is 32.1. The second-order valence-corrected chi connectivity index (χ2v) is 11.1. The summed E-state index contributed by atoms with van der Waals surface area (Å²) in [6, 6.07) is 7.84. The number of nitrogens with two attached hydrogens (primary N) is 1. The number of rotatable bonds is 4. The molecule has 188 valence electrons. The molecule has 0 bridgehead atoms. The Hall–Kier alpha value is -3.99. The third-order valence-corrected chi connectivity index (χ3v) is 9.41. The summed E-state index contributed by atoms with van der Waals surface area (Å²) < 4.78 is 26.9. The minimum absolute atomic E-state index is 0.321. The number of thiazole rings is 1. The van der Waals surface area contributed by atoms with E-state index in [0.717, 1.165) is 30.4 Å². The van der Waals surface area contributed by atoms with E-state index in [1.807, 2.05) is 23.7 Å². The summed E-state index contributed by atoms with van der Waals surface area (Å²) >= 11 is 4.28. The number of fused-ring (bicyclic) bond motifs is 3. The number of nitrogens with zero attached hydrogens (tertiary/aromatic N) is 3. The number of aryl methyl sites for hydroxylation is 1. The minimum Gasteiger partial charge on any atom is -0.485 e. The number of ether oxygens (including phenoxy) is 4. The number of carbonyl (C=O) groups is 1. The molecule has 6 rings (SSSR count). The van der Waals surface area contributed by atoms with E-state index < -0.39 is 5.97 Å². The summed E-state index contributed by atoms with van der Waals surface area (Å²) in [5.74, 6) is 6.41. The number of carboxylic acids is 1. The zero-order valence-electron chi connectivity index (χ0n) is 19.3. The average molecular weight is 555 g/mol. The van der Waals surface area contributed by atoms with Gasteiger partial charge in [-0.1, -0.05) is 17.4 Å². The van der Waals surface area contributed by atoms with Crippen LogP contribution in [0.5, 0.6) is 23.0 Å². The second kappa shape index (κ2) is 9.15. The summed E-state index contributed by atoms with van der Waals surface area (Å²) in [6.07, 6.45) is 1.31. The molecule has 0 atom stereocenters. The second-order valence-electron chi connectivity index (χ2n) is 8.00. The van der Waals surface area contributed by atoms with Gasteiger partial charge >= 0.3 is 5.97 Å². The smallest absolute Gasteiger partial charge is 0.346 e. The molecular weight excluding hydrogens is 536 g/mol. The molecular formula is C24H18N4O6S3. The number of hydrogen-bond donors (Lipinski definition) is 2. The maximum atomic E-state index is 11.5. The minimum atomic E-state index is -1.31. The number of nitriles is 1. The molecule has 37 heavy (non-hydrogen) atoms. The van der Waals surface area contributed by atoms with E-state index in [-0.39, 0.29) is 5.57 Å². The van der Waals surface area contributed by atoms with E-state index in [9.17, 15) is 15.2 Å². The van der Waals surface area contributed by atoms with Gasteiger partial charge in [0.2, 0.25) is 4.80 Å². The van der Waals surface area contributed by atoms with Crippen LogP contribution in [0.3, 0.4) is 0 Å². The van der Waals surface area contributed by atoms with E-state index >= 15 is 0 Å². The van der Waals surface area contributed by atoms with Gasteiger partial charge in [-0.15, -0.1) is 22.7 Å². The van der Waals surface area contributed by atoms with Crippen LogP contribution in [0.4, 0.5) is 0 Å². The van der Waals surface area contributed by atoms with Gasteiger partial charge in [-0.05, 0) is 23.8 Å². The van der Waals surface area contributed by atoms with Crippen LogP contribution in [0.15, 0.2) is 28.9 Å². The highest BCUT2D eigenvalue weighted by Gasteiger charge is 2.33. The van der Waals surface area contributed by atoms with Crippen molar-refractivity contribution in [1.82, 2.24) is 4.57 Å². The fraction of sp³-hybridized carbons (Fsp3) is 0.208. The molecule has 0 radical (unpaired) electrons. The zero-order valence-corrected chi connectivity index (χ0v) is 21.7. The van der Waals surface area contributed by atoms with Crippen molar-refractivity contribution in [2.24, 2.45) is 18.0 Å². The predicted octanol–water partition coefficient (Wildman–Crippen LogP) is 4.01. The molecule has 13 heteroatoms. The van der Waals surface area contributed by atoms with Crippen LogP contribution in [0, 0.1) is 11.3 Å². The molecule has 0 fully saturated rings. The lowest BCUT2D eigenvalue weighted by Gasteiger charge is -2.18. The Kier molecular flexibility index (Phi) is 5.79. The zero-order chi connectivity index (χ0) is 25.7. The SMILES string of the molecule is Cn1/c(=N/N)sc2cc(-c3sc(-c4sc(/C=C(\C#N)C(=O)O)c5c4OCCO5)c4c3OCCO4)ccc21. The molecule has 0 unspecified atom stereocenters. The lowest BCUT2D eigenvalue weighted by molar-refractivity contribution is -0.132. The summed E-state index contributed by atoms with van der Waals surface area (Å²) in [5.41, 5.74) is 1.58. The molecule has 10 nitrogen and oxygen atoms in total. The number of benzene rings is 1. The average Bonchev–Trinajstić information content (AvgIpc) is 3.58. The van der Waals surface area contributed by atoms with Crippen LogP contribution in [0.2, 0.25) is 0 Å². The normalized spacial score (nSPS) is 15.1. The third kappa shape index (κ3) is 3.81. The topological polar surface area (TPSA) is 141 Å². The van der Waals surface area contributed by atoms with Crippen LogP contribution < -0.4 is 29.6 Å². The summed E-state index contributed by atoms with van der Waals surface area (Å²) in [5, 5.41) is 22.5. The summed E-state index contributed by atoms with van der Waals surface area (Å²) in [6.45, 7) is 1.49. The lowest BCUT2D eigenvalue weighted by atomic mass is 10.1. The van der Waals surface area contributed by atoms with E-state index in [2.05, 4.69) is 11.2 Å². The number of thiophene rings is 2. The molecule has 0 amide bonds. The largest absolute Gasteiger partial charge is 0.485 e. The van der Waals surface area contributed by atoms with Gasteiger partial charge in [0.05, 0.1) is 29.7 Å². The fourth-order valence-corrected chi connectivity index (χ4v) is 7.60. The Morgan fingerprint density at radius 1 is 1.03 bits per heavy atom. The van der Waals surface area contributed by atoms with Crippen LogP contribution in [-0.2, 0) is 11.8 Å². The molecule has 0 saturated carbocycles. The molecule has 5 heterocycles. The Bertz CT molecular complexity index is 1720. The van der Waals surface area contributed by atoms with Crippen molar-refractivity contribution in [1.29, 1.82) is 5.26 Å². The van der Waals surface area contributed by atoms with E-state index in [1.54, 1.807) is 6.07 Å². The standard InChI is InChI=1S/C24H18N4O6S3/c1-28-13-3-2-11(8-14(13)36-24(28)27-26)20-18-19(34-7-6-33-18)22(37-20)21-17-16(31-4-5-32-17)15(35-21)9-12(10-25)23(29)30/h2-3,8-9H,4-7,26H2,1H3,(H,29,30)/b12-9+,27-24-. The molecule has 2 aliphatic heterocycles. The first kappa shape index (κ1) is 23.4. The maximum Gasteiger partial charge on any atom is 0.346 e. The molecule has 1 aromatic carbocycles. The molecule has 2 aliphatic rings. The fourth-order valence-electron chi connectivity index (χ4n) is 4.18. The van der Waals surface area contributed by atoms with Crippen LogP contribution >= 0.6 is 34.0 Å². The van der Waals surface area contributed by atoms with Crippen molar-refractivity contribution in [3.8, 4) is 49.3 Å². The van der Waals surface area contributed by atoms with E-state index in [4.69, 9.17) is 24.8 Å². The monoisotopic (exact) mass is 554 g/mol. The highest BCUT2D eigenvalue weighted by Crippen LogP contribution is 2.60. The summed E-state index contributed by atoms with van der Waals surface area (Å²) in [7, 11) is 1.92. The van der Waals surface area contributed by atoms with Gasteiger partial charge < -0.3 is 34.5 Å². The van der Waals surface area contributed by atoms with Gasteiger partial charge in [-0.2, -0.15) is 10.4 Å². The third-order valence-electron chi connectivity index (χ3n) is 5.84.